The molecule has 0 aliphatic carbocycles. The molecular formula is C30H32N2S. The molecule has 0 bridgehead atoms. The van der Waals surface area contributed by atoms with Crippen LogP contribution in [0.5, 0.6) is 0 Å². The van der Waals surface area contributed by atoms with Crippen LogP contribution in [0.15, 0.2) is 102 Å². The summed E-state index contributed by atoms with van der Waals surface area (Å²) in [6, 6.07) is 34.9. The lowest BCUT2D eigenvalue weighted by molar-refractivity contribution is 0.764. The Balaban J connectivity index is 1.76. The van der Waals surface area contributed by atoms with Gasteiger partial charge < -0.3 is 10.2 Å². The Bertz CT molecular complexity index is 1110. The number of hydrogen-bond acceptors (Lipinski definition) is 3. The number of anilines is 3. The fraction of sp³-hybridized carbons (Fsp3) is 0.200. The first kappa shape index (κ1) is 23.0. The summed E-state index contributed by atoms with van der Waals surface area (Å²) in [5, 5.41) is 3.92. The minimum Gasteiger partial charge on any atom is -0.376 e. The van der Waals surface area contributed by atoms with Crippen LogP contribution in [0, 0.1) is 20.8 Å². The van der Waals surface area contributed by atoms with E-state index in [1.165, 1.54) is 44.2 Å². The van der Waals surface area contributed by atoms with Gasteiger partial charge in [0, 0.05) is 28.5 Å². The largest absolute Gasteiger partial charge is 0.376 e. The SMILES string of the molecule is CSc1ccc(C(CN(c2ccccc2)c2ccccc2)Nc2c(C)cc(C)cc2C)cc1. The highest BCUT2D eigenvalue weighted by molar-refractivity contribution is 7.98. The van der Waals surface area contributed by atoms with Gasteiger partial charge in [-0.15, -0.1) is 11.8 Å². The van der Waals surface area contributed by atoms with E-state index in [2.05, 4.69) is 134 Å². The van der Waals surface area contributed by atoms with Crippen molar-refractivity contribution < 1.29 is 0 Å². The van der Waals surface area contributed by atoms with Crippen LogP contribution in [-0.4, -0.2) is 12.8 Å². The van der Waals surface area contributed by atoms with Crippen LogP contribution in [0.4, 0.5) is 17.1 Å². The van der Waals surface area contributed by atoms with Crippen molar-refractivity contribution in [2.45, 2.75) is 31.7 Å². The van der Waals surface area contributed by atoms with Crippen LogP contribution in [0.2, 0.25) is 0 Å². The van der Waals surface area contributed by atoms with Crippen molar-refractivity contribution in [2.24, 2.45) is 0 Å². The number of thioether (sulfide) groups is 1. The van der Waals surface area contributed by atoms with Crippen LogP contribution in [0.3, 0.4) is 0 Å². The lowest BCUT2D eigenvalue weighted by Crippen LogP contribution is -2.28. The molecule has 33 heavy (non-hydrogen) atoms. The normalized spacial score (nSPS) is 11.8. The Morgan fingerprint density at radius 3 is 1.73 bits per heavy atom. The highest BCUT2D eigenvalue weighted by Gasteiger charge is 2.20. The Kier molecular flexibility index (Phi) is 7.41. The molecule has 0 saturated carbocycles. The van der Waals surface area contributed by atoms with E-state index < -0.39 is 0 Å². The summed E-state index contributed by atoms with van der Waals surface area (Å²) < 4.78 is 0. The standard InChI is InChI=1S/C30H32N2S/c1-22-19-23(2)30(24(3)20-22)31-29(25-15-17-28(33-4)18-16-25)21-32(26-11-7-5-8-12-26)27-13-9-6-10-14-27/h5-20,29,31H,21H2,1-4H3. The molecule has 0 amide bonds. The molecule has 1 atom stereocenters. The van der Waals surface area contributed by atoms with Crippen molar-refractivity contribution in [2.75, 3.05) is 23.0 Å². The molecule has 0 aromatic heterocycles. The number of aryl methyl sites for hydroxylation is 3. The second-order valence-corrected chi connectivity index (χ2v) is 9.41. The summed E-state index contributed by atoms with van der Waals surface area (Å²) in [5.41, 5.74) is 8.74. The Hall–Kier alpha value is -3.17. The van der Waals surface area contributed by atoms with Gasteiger partial charge in [0.1, 0.15) is 0 Å². The topological polar surface area (TPSA) is 15.3 Å². The summed E-state index contributed by atoms with van der Waals surface area (Å²) >= 11 is 1.78. The zero-order valence-electron chi connectivity index (χ0n) is 19.9. The number of para-hydroxylation sites is 2. The fourth-order valence-electron chi connectivity index (χ4n) is 4.41. The Morgan fingerprint density at radius 2 is 1.24 bits per heavy atom. The first-order chi connectivity index (χ1) is 16.0. The van der Waals surface area contributed by atoms with Gasteiger partial charge in [-0.3, -0.25) is 0 Å². The van der Waals surface area contributed by atoms with Crippen LogP contribution >= 0.6 is 11.8 Å². The highest BCUT2D eigenvalue weighted by Crippen LogP contribution is 2.32. The van der Waals surface area contributed by atoms with Crippen molar-refractivity contribution in [1.82, 2.24) is 0 Å². The fourth-order valence-corrected chi connectivity index (χ4v) is 4.82. The highest BCUT2D eigenvalue weighted by atomic mass is 32.2. The van der Waals surface area contributed by atoms with Gasteiger partial charge >= 0.3 is 0 Å². The number of nitrogens with zero attached hydrogens (tertiary/aromatic N) is 1. The maximum Gasteiger partial charge on any atom is 0.0693 e. The molecule has 4 rings (SSSR count). The van der Waals surface area contributed by atoms with Gasteiger partial charge in [-0.05, 0) is 80.1 Å². The molecule has 0 aliphatic rings. The zero-order chi connectivity index (χ0) is 23.2. The molecule has 168 valence electrons. The van der Waals surface area contributed by atoms with Gasteiger partial charge in [0.25, 0.3) is 0 Å². The van der Waals surface area contributed by atoms with Crippen LogP contribution in [-0.2, 0) is 0 Å². The first-order valence-electron chi connectivity index (χ1n) is 11.4. The number of nitrogens with one attached hydrogen (secondary N) is 1. The molecule has 0 fully saturated rings. The number of hydrogen-bond donors (Lipinski definition) is 1. The summed E-state index contributed by atoms with van der Waals surface area (Å²) in [6.07, 6.45) is 2.12. The third-order valence-corrected chi connectivity index (χ3v) is 6.76. The molecule has 2 nitrogen and oxygen atoms in total. The van der Waals surface area contributed by atoms with Crippen molar-refractivity contribution in [3.8, 4) is 0 Å². The zero-order valence-corrected chi connectivity index (χ0v) is 20.7. The van der Waals surface area contributed by atoms with Gasteiger partial charge in [-0.2, -0.15) is 0 Å². The van der Waals surface area contributed by atoms with Gasteiger partial charge in [0.15, 0.2) is 0 Å². The average Bonchev–Trinajstić information content (AvgIpc) is 2.84. The molecule has 0 aliphatic heterocycles. The van der Waals surface area contributed by atoms with E-state index in [4.69, 9.17) is 0 Å². The molecule has 0 saturated heterocycles. The summed E-state index contributed by atoms with van der Waals surface area (Å²) in [6.45, 7) is 7.36. The predicted octanol–water partition coefficient (Wildman–Crippen LogP) is 8.33. The maximum atomic E-state index is 3.92. The maximum absolute atomic E-state index is 3.92. The first-order valence-corrected chi connectivity index (χ1v) is 12.6. The molecule has 0 heterocycles. The van der Waals surface area contributed by atoms with Crippen molar-refractivity contribution in [1.29, 1.82) is 0 Å². The van der Waals surface area contributed by atoms with Crippen molar-refractivity contribution >= 4 is 28.8 Å². The van der Waals surface area contributed by atoms with E-state index in [9.17, 15) is 0 Å². The smallest absolute Gasteiger partial charge is 0.0693 e. The van der Waals surface area contributed by atoms with Gasteiger partial charge in [-0.1, -0.05) is 66.2 Å². The lowest BCUT2D eigenvalue weighted by Gasteiger charge is -2.32. The number of benzene rings is 4. The lowest BCUT2D eigenvalue weighted by atomic mass is 10.0. The minimum atomic E-state index is 0.112. The second-order valence-electron chi connectivity index (χ2n) is 8.53. The predicted molar refractivity (Wildman–Crippen MR) is 145 cm³/mol. The molecule has 0 spiro atoms. The van der Waals surface area contributed by atoms with Gasteiger partial charge in [-0.25, -0.2) is 0 Å². The van der Waals surface area contributed by atoms with Crippen molar-refractivity contribution in [3.05, 3.63) is 119 Å². The molecular weight excluding hydrogens is 420 g/mol. The van der Waals surface area contributed by atoms with E-state index in [0.717, 1.165) is 6.54 Å². The third kappa shape index (κ3) is 5.61. The van der Waals surface area contributed by atoms with Crippen molar-refractivity contribution in [3.63, 3.8) is 0 Å². The molecule has 1 unspecified atom stereocenters. The molecule has 0 radical (unpaired) electrons. The molecule has 4 aromatic rings. The molecule has 4 aromatic carbocycles. The van der Waals surface area contributed by atoms with E-state index >= 15 is 0 Å². The quantitative estimate of drug-likeness (QED) is 0.271. The van der Waals surface area contributed by atoms with E-state index in [1.54, 1.807) is 11.8 Å². The van der Waals surface area contributed by atoms with Gasteiger partial charge in [0.2, 0.25) is 0 Å². The Morgan fingerprint density at radius 1 is 0.727 bits per heavy atom. The second kappa shape index (κ2) is 10.6. The van der Waals surface area contributed by atoms with Crippen LogP contribution in [0.1, 0.15) is 28.3 Å². The number of rotatable bonds is 8. The van der Waals surface area contributed by atoms with Crippen LogP contribution in [0.25, 0.3) is 0 Å². The third-order valence-electron chi connectivity index (χ3n) is 6.01. The average molecular weight is 453 g/mol. The summed E-state index contributed by atoms with van der Waals surface area (Å²) in [7, 11) is 0. The van der Waals surface area contributed by atoms with Crippen LogP contribution < -0.4 is 10.2 Å². The summed E-state index contributed by atoms with van der Waals surface area (Å²) in [4.78, 5) is 3.68. The molecule has 1 N–H and O–H groups in total. The summed E-state index contributed by atoms with van der Waals surface area (Å²) in [5.74, 6) is 0. The van der Waals surface area contributed by atoms with Gasteiger partial charge in [0.05, 0.1) is 6.04 Å². The Labute approximate surface area is 202 Å². The monoisotopic (exact) mass is 452 g/mol. The van der Waals surface area contributed by atoms with E-state index in [1.807, 2.05) is 0 Å². The minimum absolute atomic E-state index is 0.112. The van der Waals surface area contributed by atoms with E-state index in [-0.39, 0.29) is 6.04 Å². The molecule has 3 heteroatoms. The van der Waals surface area contributed by atoms with E-state index in [0.29, 0.717) is 0 Å².